The van der Waals surface area contributed by atoms with E-state index in [0.717, 1.165) is 6.07 Å². The predicted molar refractivity (Wildman–Crippen MR) is 48.7 cm³/mol. The number of rotatable bonds is 2. The maximum absolute atomic E-state index is 13.1. The second-order valence-corrected chi connectivity index (χ2v) is 3.45. The molecule has 15 heavy (non-hydrogen) atoms. The van der Waals surface area contributed by atoms with E-state index in [-0.39, 0.29) is 5.56 Å². The minimum atomic E-state index is -4.38. The maximum Gasteiger partial charge on any atom is 0.390 e. The Hall–Kier alpha value is -1.10. The van der Waals surface area contributed by atoms with Crippen molar-refractivity contribution in [2.45, 2.75) is 25.6 Å². The summed E-state index contributed by atoms with van der Waals surface area (Å²) >= 11 is 0. The standard InChI is InChI=1S/C10H11F4N/c1-6-2-3-8(11)7(4-6)9(15)5-10(12,13)14/h2-4,9H,5,15H2,1H3. The molecule has 0 heterocycles. The summed E-state index contributed by atoms with van der Waals surface area (Å²) in [6.45, 7) is 1.67. The van der Waals surface area contributed by atoms with Gasteiger partial charge in [0, 0.05) is 11.6 Å². The molecule has 0 aliphatic rings. The van der Waals surface area contributed by atoms with Gasteiger partial charge in [-0.15, -0.1) is 0 Å². The van der Waals surface area contributed by atoms with Gasteiger partial charge in [0.2, 0.25) is 0 Å². The Labute approximate surface area is 84.9 Å². The molecule has 0 saturated heterocycles. The molecule has 1 aromatic carbocycles. The molecular weight excluding hydrogens is 210 g/mol. The van der Waals surface area contributed by atoms with Gasteiger partial charge < -0.3 is 5.73 Å². The highest BCUT2D eigenvalue weighted by Crippen LogP contribution is 2.29. The van der Waals surface area contributed by atoms with Crippen molar-refractivity contribution in [3.8, 4) is 0 Å². The fraction of sp³-hybridized carbons (Fsp3) is 0.400. The summed E-state index contributed by atoms with van der Waals surface area (Å²) < 4.78 is 49.2. The lowest BCUT2D eigenvalue weighted by Crippen LogP contribution is -2.21. The Balaban J connectivity index is 2.90. The molecule has 0 aliphatic heterocycles. The molecule has 1 unspecified atom stereocenters. The molecule has 0 aromatic heterocycles. The Morgan fingerprint density at radius 3 is 2.47 bits per heavy atom. The highest BCUT2D eigenvalue weighted by atomic mass is 19.4. The molecule has 84 valence electrons. The van der Waals surface area contributed by atoms with Crippen LogP contribution in [-0.2, 0) is 0 Å². The fourth-order valence-electron chi connectivity index (χ4n) is 1.31. The molecule has 1 rings (SSSR count). The van der Waals surface area contributed by atoms with Crippen LogP contribution in [0.4, 0.5) is 17.6 Å². The van der Waals surface area contributed by atoms with Crippen molar-refractivity contribution >= 4 is 0 Å². The smallest absolute Gasteiger partial charge is 0.324 e. The third-order valence-electron chi connectivity index (χ3n) is 2.00. The first-order valence-corrected chi connectivity index (χ1v) is 4.38. The third kappa shape index (κ3) is 3.51. The van der Waals surface area contributed by atoms with E-state index < -0.39 is 24.5 Å². The van der Waals surface area contributed by atoms with Crippen LogP contribution in [0, 0.1) is 12.7 Å². The van der Waals surface area contributed by atoms with Gasteiger partial charge in [0.1, 0.15) is 5.82 Å². The molecule has 1 nitrogen and oxygen atoms in total. The number of alkyl halides is 3. The molecule has 1 aromatic rings. The molecule has 0 amide bonds. The van der Waals surface area contributed by atoms with Gasteiger partial charge in [-0.1, -0.05) is 17.7 Å². The minimum absolute atomic E-state index is 0.0904. The highest BCUT2D eigenvalue weighted by Gasteiger charge is 2.31. The number of hydrogen-bond donors (Lipinski definition) is 1. The average Bonchev–Trinajstić information content (AvgIpc) is 2.06. The second-order valence-electron chi connectivity index (χ2n) is 3.45. The van der Waals surface area contributed by atoms with Crippen molar-refractivity contribution in [1.82, 2.24) is 0 Å². The Morgan fingerprint density at radius 1 is 1.33 bits per heavy atom. The highest BCUT2D eigenvalue weighted by molar-refractivity contribution is 5.26. The summed E-state index contributed by atoms with van der Waals surface area (Å²) in [5, 5.41) is 0. The van der Waals surface area contributed by atoms with Gasteiger partial charge in [-0.25, -0.2) is 4.39 Å². The van der Waals surface area contributed by atoms with Gasteiger partial charge in [0.05, 0.1) is 6.42 Å². The van der Waals surface area contributed by atoms with Crippen LogP contribution >= 0.6 is 0 Å². The zero-order valence-corrected chi connectivity index (χ0v) is 8.11. The van der Waals surface area contributed by atoms with Gasteiger partial charge in [-0.2, -0.15) is 13.2 Å². The molecule has 0 fully saturated rings. The molecule has 2 N–H and O–H groups in total. The summed E-state index contributed by atoms with van der Waals surface area (Å²) in [7, 11) is 0. The lowest BCUT2D eigenvalue weighted by atomic mass is 10.0. The van der Waals surface area contributed by atoms with E-state index in [2.05, 4.69) is 0 Å². The van der Waals surface area contributed by atoms with Crippen LogP contribution in [-0.4, -0.2) is 6.18 Å². The summed E-state index contributed by atoms with van der Waals surface area (Å²) in [6, 6.07) is 2.61. The summed E-state index contributed by atoms with van der Waals surface area (Å²) in [5.41, 5.74) is 5.88. The van der Waals surface area contributed by atoms with Gasteiger partial charge in [-0.3, -0.25) is 0 Å². The topological polar surface area (TPSA) is 26.0 Å². The molecular formula is C10H11F4N. The van der Waals surface area contributed by atoms with E-state index >= 15 is 0 Å². The zero-order valence-electron chi connectivity index (χ0n) is 8.11. The number of nitrogens with two attached hydrogens (primary N) is 1. The third-order valence-corrected chi connectivity index (χ3v) is 2.00. The number of aryl methyl sites for hydroxylation is 1. The largest absolute Gasteiger partial charge is 0.390 e. The van der Waals surface area contributed by atoms with Crippen molar-refractivity contribution in [3.05, 3.63) is 35.1 Å². The predicted octanol–water partition coefficient (Wildman–Crippen LogP) is 3.09. The van der Waals surface area contributed by atoms with Crippen LogP contribution in [0.2, 0.25) is 0 Å². The minimum Gasteiger partial charge on any atom is -0.324 e. The summed E-state index contributed by atoms with van der Waals surface area (Å²) in [5.74, 6) is -0.697. The van der Waals surface area contributed by atoms with Crippen molar-refractivity contribution in [3.63, 3.8) is 0 Å². The molecule has 0 radical (unpaired) electrons. The molecule has 0 bridgehead atoms. The normalized spacial score (nSPS) is 14.0. The van der Waals surface area contributed by atoms with Crippen LogP contribution in [0.5, 0.6) is 0 Å². The van der Waals surface area contributed by atoms with Crippen molar-refractivity contribution < 1.29 is 17.6 Å². The van der Waals surface area contributed by atoms with E-state index in [0.29, 0.717) is 5.56 Å². The van der Waals surface area contributed by atoms with Gasteiger partial charge in [-0.05, 0) is 13.0 Å². The van der Waals surface area contributed by atoms with E-state index in [9.17, 15) is 17.6 Å². The monoisotopic (exact) mass is 221 g/mol. The van der Waals surface area contributed by atoms with Crippen LogP contribution < -0.4 is 5.73 Å². The van der Waals surface area contributed by atoms with Crippen LogP contribution in [0.1, 0.15) is 23.6 Å². The summed E-state index contributed by atoms with van der Waals surface area (Å²) in [6.07, 6.45) is -5.59. The lowest BCUT2D eigenvalue weighted by molar-refractivity contribution is -0.138. The van der Waals surface area contributed by atoms with Crippen LogP contribution in [0.25, 0.3) is 0 Å². The Kier molecular flexibility index (Phi) is 3.34. The second kappa shape index (κ2) is 4.18. The first kappa shape index (κ1) is 12.0. The number of hydrogen-bond acceptors (Lipinski definition) is 1. The van der Waals surface area contributed by atoms with Crippen molar-refractivity contribution in [2.24, 2.45) is 5.73 Å². The van der Waals surface area contributed by atoms with E-state index in [1.807, 2.05) is 0 Å². The van der Waals surface area contributed by atoms with Gasteiger partial charge in [0.25, 0.3) is 0 Å². The van der Waals surface area contributed by atoms with Crippen LogP contribution in [0.15, 0.2) is 18.2 Å². The van der Waals surface area contributed by atoms with Crippen molar-refractivity contribution in [2.75, 3.05) is 0 Å². The Morgan fingerprint density at radius 2 is 1.93 bits per heavy atom. The van der Waals surface area contributed by atoms with Gasteiger partial charge in [0.15, 0.2) is 0 Å². The molecule has 0 spiro atoms. The Bertz CT molecular complexity index is 346. The SMILES string of the molecule is Cc1ccc(F)c(C(N)CC(F)(F)F)c1. The quantitative estimate of drug-likeness (QED) is 0.763. The first-order chi connectivity index (χ1) is 6.79. The first-order valence-electron chi connectivity index (χ1n) is 4.38. The maximum atomic E-state index is 13.1. The van der Waals surface area contributed by atoms with E-state index in [1.54, 1.807) is 6.92 Å². The summed E-state index contributed by atoms with van der Waals surface area (Å²) in [4.78, 5) is 0. The zero-order chi connectivity index (χ0) is 11.6. The molecule has 1 atom stereocenters. The fourth-order valence-corrected chi connectivity index (χ4v) is 1.31. The molecule has 0 saturated carbocycles. The average molecular weight is 221 g/mol. The van der Waals surface area contributed by atoms with Gasteiger partial charge >= 0.3 is 6.18 Å². The van der Waals surface area contributed by atoms with Crippen molar-refractivity contribution in [1.29, 1.82) is 0 Å². The lowest BCUT2D eigenvalue weighted by Gasteiger charge is -2.15. The van der Waals surface area contributed by atoms with E-state index in [4.69, 9.17) is 5.73 Å². The number of halogens is 4. The molecule has 5 heteroatoms. The molecule has 0 aliphatic carbocycles. The van der Waals surface area contributed by atoms with E-state index in [1.165, 1.54) is 12.1 Å². The van der Waals surface area contributed by atoms with Crippen LogP contribution in [0.3, 0.4) is 0 Å². The number of benzene rings is 1.